The Hall–Kier alpha value is -2.09. The monoisotopic (exact) mass is 251 g/mol. The fourth-order valence-corrected chi connectivity index (χ4v) is 2.32. The van der Waals surface area contributed by atoms with Gasteiger partial charge in [0.25, 0.3) is 0 Å². The fourth-order valence-electron chi connectivity index (χ4n) is 2.32. The standard InChI is InChI=1S/C17H17NO/c19-17(14-8-4-9-14)18-16-11-5-10-15(12-16)13-6-2-1-3-7-13/h1-3,5-7,10-12,14H,4,8-9H2,(H,18,19). The summed E-state index contributed by atoms with van der Waals surface area (Å²) in [6.07, 6.45) is 3.25. The zero-order valence-electron chi connectivity index (χ0n) is 10.8. The highest BCUT2D eigenvalue weighted by Gasteiger charge is 2.25. The summed E-state index contributed by atoms with van der Waals surface area (Å²) in [6.45, 7) is 0. The second-order valence-electron chi connectivity index (χ2n) is 5.06. The van der Waals surface area contributed by atoms with Crippen LogP contribution in [0.25, 0.3) is 11.1 Å². The highest BCUT2D eigenvalue weighted by molar-refractivity contribution is 5.93. The van der Waals surface area contributed by atoms with Crippen molar-refractivity contribution in [2.45, 2.75) is 19.3 Å². The molecule has 2 aromatic rings. The van der Waals surface area contributed by atoms with E-state index in [9.17, 15) is 4.79 Å². The average molecular weight is 251 g/mol. The molecule has 0 unspecified atom stereocenters. The average Bonchev–Trinajstić information content (AvgIpc) is 2.38. The normalized spacial score (nSPS) is 14.7. The SMILES string of the molecule is O=C(Nc1cccc(-c2ccccc2)c1)C1CCC1. The number of carbonyl (C=O) groups is 1. The maximum absolute atomic E-state index is 11.9. The second kappa shape index (κ2) is 5.27. The molecule has 19 heavy (non-hydrogen) atoms. The molecule has 1 aliphatic rings. The van der Waals surface area contributed by atoms with Gasteiger partial charge in [-0.1, -0.05) is 48.9 Å². The third kappa shape index (κ3) is 2.68. The van der Waals surface area contributed by atoms with Crippen molar-refractivity contribution in [3.8, 4) is 11.1 Å². The summed E-state index contributed by atoms with van der Waals surface area (Å²) < 4.78 is 0. The lowest BCUT2D eigenvalue weighted by Gasteiger charge is -2.24. The van der Waals surface area contributed by atoms with Crippen LogP contribution in [0, 0.1) is 5.92 Å². The molecule has 0 heterocycles. The molecule has 2 heteroatoms. The molecule has 1 fully saturated rings. The molecule has 96 valence electrons. The van der Waals surface area contributed by atoms with Crippen molar-refractivity contribution in [1.29, 1.82) is 0 Å². The number of anilines is 1. The number of hydrogen-bond donors (Lipinski definition) is 1. The maximum atomic E-state index is 11.9. The van der Waals surface area contributed by atoms with Gasteiger partial charge in [-0.25, -0.2) is 0 Å². The van der Waals surface area contributed by atoms with E-state index in [0.717, 1.165) is 24.1 Å². The molecule has 1 N–H and O–H groups in total. The molecule has 1 amide bonds. The van der Waals surface area contributed by atoms with Crippen LogP contribution in [0.15, 0.2) is 54.6 Å². The molecule has 0 radical (unpaired) electrons. The molecule has 0 spiro atoms. The smallest absolute Gasteiger partial charge is 0.227 e. The predicted octanol–water partition coefficient (Wildman–Crippen LogP) is 4.09. The van der Waals surface area contributed by atoms with Crippen LogP contribution >= 0.6 is 0 Å². The van der Waals surface area contributed by atoms with Gasteiger partial charge in [0.2, 0.25) is 5.91 Å². The number of hydrogen-bond acceptors (Lipinski definition) is 1. The van der Waals surface area contributed by atoms with E-state index in [1.165, 1.54) is 12.0 Å². The summed E-state index contributed by atoms with van der Waals surface area (Å²) in [5, 5.41) is 3.02. The van der Waals surface area contributed by atoms with Crippen molar-refractivity contribution in [1.82, 2.24) is 0 Å². The van der Waals surface area contributed by atoms with Gasteiger partial charge in [0.05, 0.1) is 0 Å². The molecule has 2 nitrogen and oxygen atoms in total. The van der Waals surface area contributed by atoms with Gasteiger partial charge < -0.3 is 5.32 Å². The molecule has 1 saturated carbocycles. The number of rotatable bonds is 3. The molecule has 0 aromatic heterocycles. The highest BCUT2D eigenvalue weighted by Crippen LogP contribution is 2.28. The van der Waals surface area contributed by atoms with Crippen molar-refractivity contribution < 1.29 is 4.79 Å². The summed E-state index contributed by atoms with van der Waals surface area (Å²) >= 11 is 0. The van der Waals surface area contributed by atoms with E-state index in [2.05, 4.69) is 23.5 Å². The summed E-state index contributed by atoms with van der Waals surface area (Å²) in [6, 6.07) is 18.2. The van der Waals surface area contributed by atoms with E-state index in [4.69, 9.17) is 0 Å². The topological polar surface area (TPSA) is 29.1 Å². The second-order valence-corrected chi connectivity index (χ2v) is 5.06. The van der Waals surface area contributed by atoms with Gasteiger partial charge in [0.15, 0.2) is 0 Å². The zero-order chi connectivity index (χ0) is 13.1. The van der Waals surface area contributed by atoms with Crippen LogP contribution in [0.1, 0.15) is 19.3 Å². The number of amides is 1. The van der Waals surface area contributed by atoms with Crippen LogP contribution < -0.4 is 5.32 Å². The van der Waals surface area contributed by atoms with Crippen molar-refractivity contribution in [2.75, 3.05) is 5.32 Å². The van der Waals surface area contributed by atoms with Crippen molar-refractivity contribution in [2.24, 2.45) is 5.92 Å². The minimum atomic E-state index is 0.163. The third-order valence-corrected chi connectivity index (χ3v) is 3.71. The van der Waals surface area contributed by atoms with Crippen LogP contribution in [0.5, 0.6) is 0 Å². The Morgan fingerprint density at radius 2 is 1.68 bits per heavy atom. The van der Waals surface area contributed by atoms with Gasteiger partial charge in [-0.3, -0.25) is 4.79 Å². The molecule has 0 saturated heterocycles. The van der Waals surface area contributed by atoms with E-state index in [0.29, 0.717) is 0 Å². The summed E-state index contributed by atoms with van der Waals surface area (Å²) in [4.78, 5) is 11.9. The third-order valence-electron chi connectivity index (χ3n) is 3.71. The molecule has 0 atom stereocenters. The predicted molar refractivity (Wildman–Crippen MR) is 77.8 cm³/mol. The minimum Gasteiger partial charge on any atom is -0.326 e. The zero-order valence-corrected chi connectivity index (χ0v) is 10.8. The van der Waals surface area contributed by atoms with Crippen LogP contribution in [0.4, 0.5) is 5.69 Å². The van der Waals surface area contributed by atoms with E-state index in [1.54, 1.807) is 0 Å². The molecule has 3 rings (SSSR count). The Bertz CT molecular complexity index is 573. The van der Waals surface area contributed by atoms with Gasteiger partial charge >= 0.3 is 0 Å². The Balaban J connectivity index is 1.78. The van der Waals surface area contributed by atoms with Gasteiger partial charge in [0.1, 0.15) is 0 Å². The van der Waals surface area contributed by atoms with Gasteiger partial charge in [-0.2, -0.15) is 0 Å². The van der Waals surface area contributed by atoms with Crippen LogP contribution in [-0.2, 0) is 4.79 Å². The number of benzene rings is 2. The van der Waals surface area contributed by atoms with Crippen molar-refractivity contribution >= 4 is 11.6 Å². The first-order valence-electron chi connectivity index (χ1n) is 6.79. The Labute approximate surface area is 113 Å². The van der Waals surface area contributed by atoms with Crippen LogP contribution in [0.3, 0.4) is 0 Å². The van der Waals surface area contributed by atoms with Gasteiger partial charge in [0, 0.05) is 11.6 Å². The van der Waals surface area contributed by atoms with Crippen molar-refractivity contribution in [3.05, 3.63) is 54.6 Å². The minimum absolute atomic E-state index is 0.163. The Morgan fingerprint density at radius 3 is 2.37 bits per heavy atom. The lowest BCUT2D eigenvalue weighted by atomic mass is 9.85. The molecular weight excluding hydrogens is 234 g/mol. The largest absolute Gasteiger partial charge is 0.326 e. The van der Waals surface area contributed by atoms with Gasteiger partial charge in [-0.15, -0.1) is 0 Å². The quantitative estimate of drug-likeness (QED) is 0.874. The van der Waals surface area contributed by atoms with E-state index in [1.807, 2.05) is 36.4 Å². The molecule has 0 aliphatic heterocycles. The highest BCUT2D eigenvalue weighted by atomic mass is 16.1. The summed E-state index contributed by atoms with van der Waals surface area (Å²) in [5.41, 5.74) is 3.19. The number of carbonyl (C=O) groups excluding carboxylic acids is 1. The first kappa shape index (κ1) is 12.0. The lowest BCUT2D eigenvalue weighted by molar-refractivity contribution is -0.122. The van der Waals surface area contributed by atoms with Gasteiger partial charge in [-0.05, 0) is 36.1 Å². The Kier molecular flexibility index (Phi) is 3.32. The molecule has 0 bridgehead atoms. The summed E-state index contributed by atoms with van der Waals surface area (Å²) in [5.74, 6) is 0.386. The van der Waals surface area contributed by atoms with E-state index < -0.39 is 0 Å². The first-order chi connectivity index (χ1) is 9.33. The van der Waals surface area contributed by atoms with E-state index in [-0.39, 0.29) is 11.8 Å². The van der Waals surface area contributed by atoms with Crippen LogP contribution in [0.2, 0.25) is 0 Å². The maximum Gasteiger partial charge on any atom is 0.227 e. The van der Waals surface area contributed by atoms with Crippen molar-refractivity contribution in [3.63, 3.8) is 0 Å². The first-order valence-corrected chi connectivity index (χ1v) is 6.79. The molecule has 2 aromatic carbocycles. The Morgan fingerprint density at radius 1 is 0.947 bits per heavy atom. The number of nitrogens with one attached hydrogen (secondary N) is 1. The molecular formula is C17H17NO. The van der Waals surface area contributed by atoms with E-state index >= 15 is 0 Å². The van der Waals surface area contributed by atoms with Crippen LogP contribution in [-0.4, -0.2) is 5.91 Å². The molecule has 1 aliphatic carbocycles. The summed E-state index contributed by atoms with van der Waals surface area (Å²) in [7, 11) is 0. The lowest BCUT2D eigenvalue weighted by Crippen LogP contribution is -2.27. The fraction of sp³-hybridized carbons (Fsp3) is 0.235.